The number of nitrogens with zero attached hydrogens (tertiary/aromatic N) is 4. The monoisotopic (exact) mass is 439 g/mol. The number of likely N-dealkylation sites (N-methyl/N-ethyl adjacent to an activating group) is 1. The average Bonchev–Trinajstić information content (AvgIpc) is 3.11. The van der Waals surface area contributed by atoms with Crippen molar-refractivity contribution in [1.29, 1.82) is 0 Å². The second-order valence-corrected chi connectivity index (χ2v) is 7.35. The van der Waals surface area contributed by atoms with E-state index in [4.69, 9.17) is 11.6 Å². The molecule has 0 saturated heterocycles. The van der Waals surface area contributed by atoms with Gasteiger partial charge in [0.25, 0.3) is 6.43 Å². The molecule has 160 valence electrons. The molecule has 2 heterocycles. The molecule has 3 rings (SSSR count). The lowest BCUT2D eigenvalue weighted by molar-refractivity contribution is 0.102. The highest BCUT2D eigenvalue weighted by molar-refractivity contribution is 6.30. The Labute approximate surface area is 177 Å². The first-order valence-electron chi connectivity index (χ1n) is 9.27. The van der Waals surface area contributed by atoms with E-state index in [-0.39, 0.29) is 18.0 Å². The van der Waals surface area contributed by atoms with E-state index >= 15 is 0 Å². The van der Waals surface area contributed by atoms with Gasteiger partial charge in [0.15, 0.2) is 0 Å². The van der Waals surface area contributed by atoms with Crippen LogP contribution in [0, 0.1) is 5.82 Å². The third-order valence-corrected chi connectivity index (χ3v) is 4.97. The number of alkyl halides is 2. The largest absolute Gasteiger partial charge is 0.411 e. The molecular weight excluding hydrogens is 419 g/mol. The Morgan fingerprint density at radius 3 is 2.87 bits per heavy atom. The minimum absolute atomic E-state index is 0.00218. The highest BCUT2D eigenvalue weighted by Gasteiger charge is 2.23. The molecule has 1 aromatic heterocycles. The summed E-state index contributed by atoms with van der Waals surface area (Å²) in [5.41, 5.74) is 2.59. The molecule has 0 atom stereocenters. The third kappa shape index (κ3) is 5.48. The maximum absolute atomic E-state index is 13.4. The molecule has 30 heavy (non-hydrogen) atoms. The lowest BCUT2D eigenvalue weighted by atomic mass is 9.98. The van der Waals surface area contributed by atoms with Gasteiger partial charge in [-0.25, -0.2) is 18.2 Å². The molecule has 0 bridgehead atoms. The number of pyridine rings is 1. The lowest BCUT2D eigenvalue weighted by Gasteiger charge is -2.14. The number of anilines is 1. The predicted octanol–water partition coefficient (Wildman–Crippen LogP) is 3.86. The summed E-state index contributed by atoms with van der Waals surface area (Å²) in [4.78, 5) is 10.2. The zero-order chi connectivity index (χ0) is 21.7. The van der Waals surface area contributed by atoms with E-state index in [1.807, 2.05) is 0 Å². The molecule has 0 saturated carbocycles. The molecule has 10 heteroatoms. The predicted molar refractivity (Wildman–Crippen MR) is 111 cm³/mol. The zero-order valence-electron chi connectivity index (χ0n) is 16.2. The van der Waals surface area contributed by atoms with Gasteiger partial charge in [-0.3, -0.25) is 9.89 Å². The van der Waals surface area contributed by atoms with Crippen LogP contribution in [0.5, 0.6) is 0 Å². The zero-order valence-corrected chi connectivity index (χ0v) is 17.0. The Balaban J connectivity index is 1.72. The van der Waals surface area contributed by atoms with Gasteiger partial charge < -0.3 is 10.5 Å². The molecule has 0 aliphatic carbocycles. The number of aromatic nitrogens is 1. The summed E-state index contributed by atoms with van der Waals surface area (Å²) < 4.78 is 38.2. The van der Waals surface area contributed by atoms with Crippen LogP contribution >= 0.6 is 11.6 Å². The molecule has 1 aliphatic heterocycles. The number of rotatable bonds is 8. The van der Waals surface area contributed by atoms with Crippen LogP contribution in [0.1, 0.15) is 16.7 Å². The van der Waals surface area contributed by atoms with Crippen LogP contribution in [-0.4, -0.2) is 59.7 Å². The normalized spacial score (nSPS) is 15.2. The fraction of sp³-hybridized carbons (Fsp3) is 0.350. The van der Waals surface area contributed by atoms with Crippen LogP contribution in [0.25, 0.3) is 0 Å². The number of hydrogen-bond acceptors (Lipinski definition) is 5. The summed E-state index contributed by atoms with van der Waals surface area (Å²) in [6.07, 6.45) is -0.1000. The number of fused-ring (bicyclic) bond motifs is 1. The number of aliphatic imine (C=N–C) groups is 1. The van der Waals surface area contributed by atoms with E-state index in [0.717, 1.165) is 5.56 Å². The molecule has 2 aromatic rings. The van der Waals surface area contributed by atoms with Crippen molar-refractivity contribution < 1.29 is 18.4 Å². The number of benzene rings is 1. The van der Waals surface area contributed by atoms with E-state index in [1.54, 1.807) is 25.4 Å². The molecule has 1 aliphatic rings. The van der Waals surface area contributed by atoms with Gasteiger partial charge >= 0.3 is 0 Å². The fourth-order valence-corrected chi connectivity index (χ4v) is 3.41. The van der Waals surface area contributed by atoms with Crippen molar-refractivity contribution in [2.75, 3.05) is 32.0 Å². The Morgan fingerprint density at radius 2 is 2.17 bits per heavy atom. The fourth-order valence-electron chi connectivity index (χ4n) is 3.20. The summed E-state index contributed by atoms with van der Waals surface area (Å²) in [6.45, 7) is 0.471. The van der Waals surface area contributed by atoms with Crippen LogP contribution in [0.4, 0.5) is 19.0 Å². The molecule has 0 amide bonds. The van der Waals surface area contributed by atoms with Crippen LogP contribution < -0.4 is 5.32 Å². The second kappa shape index (κ2) is 9.90. The maximum atomic E-state index is 13.4. The minimum atomic E-state index is -2.38. The van der Waals surface area contributed by atoms with Crippen molar-refractivity contribution in [1.82, 2.24) is 9.88 Å². The minimum Gasteiger partial charge on any atom is -0.411 e. The SMILES string of the molecule is CN(CCN=C1Cc2c(/C(Cc3ccc(F)c(Cl)c3)=N/O)ccnc2N1)CC(F)F. The summed E-state index contributed by atoms with van der Waals surface area (Å²) in [6, 6.07) is 6.07. The third-order valence-electron chi connectivity index (χ3n) is 4.68. The summed E-state index contributed by atoms with van der Waals surface area (Å²) in [7, 11) is 1.62. The summed E-state index contributed by atoms with van der Waals surface area (Å²) in [5, 5.41) is 16.1. The topological polar surface area (TPSA) is 73.1 Å². The van der Waals surface area contributed by atoms with E-state index in [1.165, 1.54) is 17.0 Å². The first-order chi connectivity index (χ1) is 14.4. The molecule has 6 nitrogen and oxygen atoms in total. The molecule has 1 aromatic carbocycles. The van der Waals surface area contributed by atoms with Crippen LogP contribution in [0.15, 0.2) is 40.6 Å². The van der Waals surface area contributed by atoms with Crippen molar-refractivity contribution >= 4 is 29.0 Å². The van der Waals surface area contributed by atoms with Crippen molar-refractivity contribution in [2.45, 2.75) is 19.3 Å². The first-order valence-corrected chi connectivity index (χ1v) is 9.65. The number of oxime groups is 1. The number of nitrogens with one attached hydrogen (secondary N) is 1. The van der Waals surface area contributed by atoms with Crippen molar-refractivity contribution in [3.63, 3.8) is 0 Å². The molecule has 0 unspecified atom stereocenters. The molecular formula is C20H21ClF3N5O. The highest BCUT2D eigenvalue weighted by atomic mass is 35.5. The van der Waals surface area contributed by atoms with Gasteiger partial charge in [-0.05, 0) is 30.8 Å². The lowest BCUT2D eigenvalue weighted by Crippen LogP contribution is -2.27. The quantitative estimate of drug-likeness (QED) is 0.372. The Hall–Kier alpha value is -2.65. The number of amidine groups is 1. The van der Waals surface area contributed by atoms with Crippen LogP contribution in [-0.2, 0) is 12.8 Å². The highest BCUT2D eigenvalue weighted by Crippen LogP contribution is 2.26. The van der Waals surface area contributed by atoms with Crippen molar-refractivity contribution in [3.8, 4) is 0 Å². The molecule has 0 fully saturated rings. The van der Waals surface area contributed by atoms with Gasteiger partial charge in [-0.2, -0.15) is 0 Å². The number of halogens is 4. The Morgan fingerprint density at radius 1 is 1.37 bits per heavy atom. The van der Waals surface area contributed by atoms with Gasteiger partial charge in [0.05, 0.1) is 23.8 Å². The second-order valence-electron chi connectivity index (χ2n) is 6.94. The summed E-state index contributed by atoms with van der Waals surface area (Å²) >= 11 is 5.84. The summed E-state index contributed by atoms with van der Waals surface area (Å²) in [5.74, 6) is 0.750. The van der Waals surface area contributed by atoms with Crippen molar-refractivity contribution in [2.24, 2.45) is 10.1 Å². The van der Waals surface area contributed by atoms with Gasteiger partial charge in [0, 0.05) is 36.7 Å². The van der Waals surface area contributed by atoms with E-state index in [0.29, 0.717) is 48.0 Å². The molecule has 0 radical (unpaired) electrons. The van der Waals surface area contributed by atoms with Crippen LogP contribution in [0.2, 0.25) is 5.02 Å². The van der Waals surface area contributed by atoms with E-state index in [2.05, 4.69) is 20.4 Å². The Bertz CT molecular complexity index is 967. The van der Waals surface area contributed by atoms with Gasteiger partial charge in [0.2, 0.25) is 0 Å². The smallest absolute Gasteiger partial charge is 0.251 e. The van der Waals surface area contributed by atoms with Gasteiger partial charge in [0.1, 0.15) is 17.5 Å². The van der Waals surface area contributed by atoms with E-state index in [9.17, 15) is 18.4 Å². The van der Waals surface area contributed by atoms with Crippen LogP contribution in [0.3, 0.4) is 0 Å². The Kier molecular flexibility index (Phi) is 7.28. The maximum Gasteiger partial charge on any atom is 0.251 e. The number of hydrogen-bond donors (Lipinski definition) is 2. The molecule has 0 spiro atoms. The average molecular weight is 440 g/mol. The first kappa shape index (κ1) is 22.0. The van der Waals surface area contributed by atoms with E-state index < -0.39 is 12.2 Å². The standard InChI is InChI=1S/C20H21ClF3N5O/c1-29(11-18(23)24)7-6-25-19-10-14-13(4-5-26-20(14)27-19)17(28-30)9-12-2-3-16(22)15(21)8-12/h2-5,8,18,30H,6-7,9-11H2,1H3,(H,25,26,27)/b28-17+. The van der Waals surface area contributed by atoms with Gasteiger partial charge in [-0.1, -0.05) is 22.8 Å². The molecule has 2 N–H and O–H groups in total. The van der Waals surface area contributed by atoms with Gasteiger partial charge in [-0.15, -0.1) is 0 Å². The van der Waals surface area contributed by atoms with Crippen molar-refractivity contribution in [3.05, 3.63) is 58.0 Å².